The highest BCUT2D eigenvalue weighted by Gasteiger charge is 2.11. The van der Waals surface area contributed by atoms with Crippen molar-refractivity contribution in [3.63, 3.8) is 0 Å². The predicted octanol–water partition coefficient (Wildman–Crippen LogP) is 2.61. The number of nitrogens with zero attached hydrogens (tertiary/aromatic N) is 3. The first-order chi connectivity index (χ1) is 11.1. The molecule has 0 unspecified atom stereocenters. The molecule has 0 amide bonds. The minimum atomic E-state index is -2.92. The highest BCUT2D eigenvalue weighted by atomic mass is 19.3. The van der Waals surface area contributed by atoms with Crippen molar-refractivity contribution in [2.24, 2.45) is 0 Å². The van der Waals surface area contributed by atoms with Gasteiger partial charge in [-0.2, -0.15) is 14.0 Å². The van der Waals surface area contributed by atoms with Crippen LogP contribution >= 0.6 is 0 Å². The van der Waals surface area contributed by atoms with Crippen LogP contribution in [-0.2, 0) is 6.42 Å². The van der Waals surface area contributed by atoms with E-state index in [2.05, 4.69) is 20.0 Å². The molecule has 0 saturated heterocycles. The zero-order valence-corrected chi connectivity index (χ0v) is 12.3. The van der Waals surface area contributed by atoms with Gasteiger partial charge in [-0.1, -0.05) is 6.07 Å². The van der Waals surface area contributed by atoms with Crippen LogP contribution < -0.4 is 14.8 Å². The van der Waals surface area contributed by atoms with Gasteiger partial charge in [0, 0.05) is 18.9 Å². The van der Waals surface area contributed by atoms with Crippen LogP contribution in [0.4, 0.5) is 14.6 Å². The molecule has 0 atom stereocenters. The lowest BCUT2D eigenvalue weighted by Crippen LogP contribution is -2.09. The van der Waals surface area contributed by atoms with Crippen LogP contribution in [0.1, 0.15) is 11.3 Å². The van der Waals surface area contributed by atoms with Gasteiger partial charge in [-0.15, -0.1) is 0 Å². The van der Waals surface area contributed by atoms with Crippen LogP contribution in [0.5, 0.6) is 11.5 Å². The van der Waals surface area contributed by atoms with Gasteiger partial charge in [-0.05, 0) is 24.1 Å². The van der Waals surface area contributed by atoms with E-state index in [0.29, 0.717) is 18.8 Å². The number of nitriles is 1. The van der Waals surface area contributed by atoms with E-state index in [1.54, 1.807) is 12.1 Å². The van der Waals surface area contributed by atoms with Crippen molar-refractivity contribution in [3.05, 3.63) is 41.9 Å². The van der Waals surface area contributed by atoms with E-state index in [-0.39, 0.29) is 17.2 Å². The van der Waals surface area contributed by atoms with Gasteiger partial charge in [-0.25, -0.2) is 9.97 Å². The summed E-state index contributed by atoms with van der Waals surface area (Å²) in [5.74, 6) is 0.604. The molecule has 23 heavy (non-hydrogen) atoms. The van der Waals surface area contributed by atoms with Crippen molar-refractivity contribution >= 4 is 5.82 Å². The normalized spacial score (nSPS) is 10.2. The lowest BCUT2D eigenvalue weighted by Gasteiger charge is -2.12. The lowest BCUT2D eigenvalue weighted by molar-refractivity contribution is -0.0512. The van der Waals surface area contributed by atoms with Crippen molar-refractivity contribution in [1.29, 1.82) is 5.26 Å². The average molecular weight is 320 g/mol. The first kappa shape index (κ1) is 16.4. The summed E-state index contributed by atoms with van der Waals surface area (Å²) in [7, 11) is 1.38. The van der Waals surface area contributed by atoms with E-state index in [9.17, 15) is 8.78 Å². The molecule has 120 valence electrons. The Kier molecular flexibility index (Phi) is 5.63. The second-order valence-corrected chi connectivity index (χ2v) is 4.41. The molecule has 0 fully saturated rings. The van der Waals surface area contributed by atoms with Crippen molar-refractivity contribution in [1.82, 2.24) is 9.97 Å². The van der Waals surface area contributed by atoms with E-state index in [0.717, 1.165) is 5.56 Å². The number of alkyl halides is 2. The van der Waals surface area contributed by atoms with Gasteiger partial charge < -0.3 is 14.8 Å². The topological polar surface area (TPSA) is 80.1 Å². The molecule has 6 nitrogen and oxygen atoms in total. The molecule has 2 rings (SSSR count). The monoisotopic (exact) mass is 320 g/mol. The quantitative estimate of drug-likeness (QED) is 0.844. The van der Waals surface area contributed by atoms with E-state index < -0.39 is 6.61 Å². The van der Waals surface area contributed by atoms with Gasteiger partial charge >= 0.3 is 6.61 Å². The van der Waals surface area contributed by atoms with Crippen molar-refractivity contribution < 1.29 is 18.3 Å². The van der Waals surface area contributed by atoms with Gasteiger partial charge in [-0.3, -0.25) is 0 Å². The number of halogens is 2. The maximum Gasteiger partial charge on any atom is 0.387 e. The Morgan fingerprint density at radius 2 is 2.04 bits per heavy atom. The maximum absolute atomic E-state index is 12.4. The fourth-order valence-electron chi connectivity index (χ4n) is 1.94. The first-order valence-electron chi connectivity index (χ1n) is 6.70. The van der Waals surface area contributed by atoms with Crippen molar-refractivity contribution in [2.45, 2.75) is 13.0 Å². The number of rotatable bonds is 7. The number of hydrogen-bond donors (Lipinski definition) is 1. The van der Waals surface area contributed by atoms with E-state index in [4.69, 9.17) is 10.00 Å². The predicted molar refractivity (Wildman–Crippen MR) is 78.6 cm³/mol. The summed E-state index contributed by atoms with van der Waals surface area (Å²) in [5, 5.41) is 11.9. The van der Waals surface area contributed by atoms with Crippen LogP contribution in [0.3, 0.4) is 0 Å². The summed E-state index contributed by atoms with van der Waals surface area (Å²) >= 11 is 0. The van der Waals surface area contributed by atoms with Crippen LogP contribution in [0.2, 0.25) is 0 Å². The van der Waals surface area contributed by atoms with Gasteiger partial charge in [0.05, 0.1) is 7.11 Å². The fourth-order valence-corrected chi connectivity index (χ4v) is 1.94. The van der Waals surface area contributed by atoms with E-state index in [1.807, 2.05) is 6.07 Å². The molecule has 1 aromatic heterocycles. The molecule has 1 heterocycles. The van der Waals surface area contributed by atoms with E-state index in [1.165, 1.54) is 25.6 Å². The molecule has 0 saturated carbocycles. The minimum absolute atomic E-state index is 0.0165. The minimum Gasteiger partial charge on any atom is -0.493 e. The molecule has 1 N–H and O–H groups in total. The third-order valence-electron chi connectivity index (χ3n) is 2.95. The summed E-state index contributed by atoms with van der Waals surface area (Å²) in [6.07, 6.45) is 3.43. The molecule has 8 heteroatoms. The highest BCUT2D eigenvalue weighted by Crippen LogP contribution is 2.29. The summed E-state index contributed by atoms with van der Waals surface area (Å²) < 4.78 is 34.2. The maximum atomic E-state index is 12.4. The summed E-state index contributed by atoms with van der Waals surface area (Å²) in [6, 6.07) is 6.74. The second kappa shape index (κ2) is 7.89. The Bertz CT molecular complexity index is 704. The number of aromatic nitrogens is 2. The van der Waals surface area contributed by atoms with Gasteiger partial charge in [0.25, 0.3) is 0 Å². The Labute approximate surface area is 131 Å². The van der Waals surface area contributed by atoms with Crippen LogP contribution in [0.25, 0.3) is 0 Å². The Hall–Kier alpha value is -2.95. The zero-order chi connectivity index (χ0) is 16.7. The number of methoxy groups -OCH3 is 1. The van der Waals surface area contributed by atoms with Crippen molar-refractivity contribution in [3.8, 4) is 17.6 Å². The average Bonchev–Trinajstić information content (AvgIpc) is 2.55. The number of hydrogen-bond acceptors (Lipinski definition) is 6. The highest BCUT2D eigenvalue weighted by molar-refractivity contribution is 5.47. The molecule has 1 aromatic carbocycles. The number of ether oxygens (including phenoxy) is 2. The Morgan fingerprint density at radius 3 is 2.74 bits per heavy atom. The SMILES string of the molecule is COc1ccc(CCNc2nccnc2C#N)cc1OC(F)F. The van der Waals surface area contributed by atoms with Gasteiger partial charge in [0.2, 0.25) is 0 Å². The molecule has 0 bridgehead atoms. The molecule has 0 aliphatic rings. The fraction of sp³-hybridized carbons (Fsp3) is 0.267. The molecule has 0 aliphatic heterocycles. The number of nitrogens with one attached hydrogen (secondary N) is 1. The molecule has 2 aromatic rings. The first-order valence-corrected chi connectivity index (χ1v) is 6.70. The van der Waals surface area contributed by atoms with Crippen LogP contribution in [-0.4, -0.2) is 30.2 Å². The molecule has 0 aliphatic carbocycles. The lowest BCUT2D eigenvalue weighted by atomic mass is 10.1. The smallest absolute Gasteiger partial charge is 0.387 e. The molecule has 0 radical (unpaired) electrons. The Morgan fingerprint density at radius 1 is 1.26 bits per heavy atom. The summed E-state index contributed by atoms with van der Waals surface area (Å²) in [6.45, 7) is -2.47. The molecule has 0 spiro atoms. The molecular weight excluding hydrogens is 306 g/mol. The van der Waals surface area contributed by atoms with Crippen LogP contribution in [0.15, 0.2) is 30.6 Å². The number of anilines is 1. The zero-order valence-electron chi connectivity index (χ0n) is 12.3. The largest absolute Gasteiger partial charge is 0.493 e. The van der Waals surface area contributed by atoms with Gasteiger partial charge in [0.15, 0.2) is 23.0 Å². The third kappa shape index (κ3) is 4.51. The second-order valence-electron chi connectivity index (χ2n) is 4.41. The summed E-state index contributed by atoms with van der Waals surface area (Å²) in [4.78, 5) is 7.91. The number of benzene rings is 1. The Balaban J connectivity index is 2.02. The van der Waals surface area contributed by atoms with Gasteiger partial charge in [0.1, 0.15) is 6.07 Å². The van der Waals surface area contributed by atoms with E-state index >= 15 is 0 Å². The van der Waals surface area contributed by atoms with Crippen LogP contribution in [0, 0.1) is 11.3 Å². The summed E-state index contributed by atoms with van der Waals surface area (Å²) in [5.41, 5.74) is 0.973. The standard InChI is InChI=1S/C15H14F2N4O2/c1-22-12-3-2-10(8-13(12)23-15(16)17)4-5-20-14-11(9-18)19-6-7-21-14/h2-3,6-8,15H,4-5H2,1H3,(H,20,21). The third-order valence-corrected chi connectivity index (χ3v) is 2.95. The van der Waals surface area contributed by atoms with Crippen molar-refractivity contribution in [2.75, 3.05) is 19.0 Å². The molecular formula is C15H14F2N4O2.